The van der Waals surface area contributed by atoms with Gasteiger partial charge in [-0.25, -0.2) is 4.79 Å². The van der Waals surface area contributed by atoms with Crippen LogP contribution in [0.3, 0.4) is 0 Å². The third-order valence-corrected chi connectivity index (χ3v) is 3.47. The molecule has 0 spiro atoms. The first kappa shape index (κ1) is 22.5. The van der Waals surface area contributed by atoms with E-state index in [0.29, 0.717) is 21.8 Å². The quantitative estimate of drug-likeness (QED) is 0.678. The van der Waals surface area contributed by atoms with Gasteiger partial charge in [0.05, 0.1) is 5.57 Å². The smallest absolute Gasteiger partial charge is 0.335 e. The molecule has 0 saturated heterocycles. The summed E-state index contributed by atoms with van der Waals surface area (Å²) in [6, 6.07) is 5.12. The Morgan fingerprint density at radius 3 is 2.38 bits per heavy atom. The zero-order chi connectivity index (χ0) is 18.8. The molecule has 0 fully saturated rings. The average Bonchev–Trinajstić information content (AvgIpc) is 2.54. The minimum absolute atomic E-state index is 0.101. The third-order valence-electron chi connectivity index (χ3n) is 3.24. The van der Waals surface area contributed by atoms with E-state index < -0.39 is 5.97 Å². The number of rotatable bonds is 3. The van der Waals surface area contributed by atoms with Gasteiger partial charge in [0.1, 0.15) is 12.4 Å². The number of unbranched alkanes of at least 4 members (excludes halogenated alkanes) is 1. The lowest BCUT2D eigenvalue weighted by atomic mass is 9.90. The Kier molecular flexibility index (Phi) is 10.5. The molecule has 0 atom stereocenters. The zero-order valence-electron chi connectivity index (χ0n) is 15.8. The molecule has 1 aromatic rings. The van der Waals surface area contributed by atoms with E-state index in [1.807, 2.05) is 13.8 Å². The summed E-state index contributed by atoms with van der Waals surface area (Å²) in [6.07, 6.45) is 5.65. The number of carboxylic acids is 1. The van der Waals surface area contributed by atoms with Crippen molar-refractivity contribution < 1.29 is 14.6 Å². The van der Waals surface area contributed by atoms with Crippen molar-refractivity contribution in [3.8, 4) is 5.75 Å². The summed E-state index contributed by atoms with van der Waals surface area (Å²) < 4.78 is 5.24. The highest BCUT2D eigenvalue weighted by Gasteiger charge is 2.16. The summed E-state index contributed by atoms with van der Waals surface area (Å²) in [7, 11) is 0. The van der Waals surface area contributed by atoms with Crippen LogP contribution in [-0.2, 0) is 4.79 Å². The van der Waals surface area contributed by atoms with Crippen molar-refractivity contribution in [2.45, 2.75) is 60.8 Å². The molecular weight excluding hydrogens is 324 g/mol. The number of hydrogen-bond donors (Lipinski definition) is 1. The van der Waals surface area contributed by atoms with Crippen molar-refractivity contribution in [2.24, 2.45) is 5.41 Å². The first-order valence-corrected chi connectivity index (χ1v) is 8.97. The molecule has 4 heteroatoms. The fraction of sp³-hybridized carbons (Fsp3) is 0.550. The van der Waals surface area contributed by atoms with E-state index in [1.165, 1.54) is 19.3 Å². The summed E-state index contributed by atoms with van der Waals surface area (Å²) in [5, 5.41) is 9.32. The Hall–Kier alpha value is -1.48. The van der Waals surface area contributed by atoms with Crippen molar-refractivity contribution in [3.05, 3.63) is 34.4 Å². The minimum atomic E-state index is -0.962. The molecule has 0 amide bonds. The Labute approximate surface area is 151 Å². The van der Waals surface area contributed by atoms with E-state index >= 15 is 0 Å². The van der Waals surface area contributed by atoms with Crippen LogP contribution in [0.2, 0.25) is 5.02 Å². The fourth-order valence-electron chi connectivity index (χ4n) is 1.98. The van der Waals surface area contributed by atoms with E-state index in [9.17, 15) is 4.79 Å². The van der Waals surface area contributed by atoms with Crippen LogP contribution in [0.1, 0.15) is 66.4 Å². The second-order valence-electron chi connectivity index (χ2n) is 6.61. The first-order valence-electron chi connectivity index (χ1n) is 8.59. The van der Waals surface area contributed by atoms with Gasteiger partial charge in [0.15, 0.2) is 0 Å². The molecule has 0 bridgehead atoms. The Morgan fingerprint density at radius 2 is 1.92 bits per heavy atom. The zero-order valence-corrected chi connectivity index (χ0v) is 16.5. The molecule has 0 saturated carbocycles. The van der Waals surface area contributed by atoms with E-state index in [4.69, 9.17) is 21.4 Å². The van der Waals surface area contributed by atoms with Crippen molar-refractivity contribution in [3.63, 3.8) is 0 Å². The van der Waals surface area contributed by atoms with Crippen LogP contribution in [0.4, 0.5) is 0 Å². The largest absolute Gasteiger partial charge is 0.488 e. The summed E-state index contributed by atoms with van der Waals surface area (Å²) in [4.78, 5) is 10.7. The van der Waals surface area contributed by atoms with Gasteiger partial charge in [0.2, 0.25) is 0 Å². The first-order chi connectivity index (χ1) is 11.2. The number of carboxylic acid groups (broad SMARTS) is 1. The van der Waals surface area contributed by atoms with Gasteiger partial charge in [-0.3, -0.25) is 0 Å². The van der Waals surface area contributed by atoms with Crippen LogP contribution in [0.15, 0.2) is 23.8 Å². The van der Waals surface area contributed by atoms with Crippen LogP contribution in [0.5, 0.6) is 5.75 Å². The van der Waals surface area contributed by atoms with E-state index in [2.05, 4.69) is 27.7 Å². The summed E-state index contributed by atoms with van der Waals surface area (Å²) in [5.74, 6) is -0.296. The lowest BCUT2D eigenvalue weighted by Gasteiger charge is -2.16. The Morgan fingerprint density at radius 1 is 1.29 bits per heavy atom. The molecule has 136 valence electrons. The van der Waals surface area contributed by atoms with Crippen molar-refractivity contribution in [1.29, 1.82) is 0 Å². The number of hydrogen-bond acceptors (Lipinski definition) is 2. The van der Waals surface area contributed by atoms with Gasteiger partial charge in [0.25, 0.3) is 0 Å². The van der Waals surface area contributed by atoms with Gasteiger partial charge >= 0.3 is 5.97 Å². The molecule has 0 radical (unpaired) electrons. The highest BCUT2D eigenvalue weighted by atomic mass is 35.5. The number of aliphatic carboxylic acids is 1. The fourth-order valence-corrected chi connectivity index (χ4v) is 2.16. The van der Waals surface area contributed by atoms with Crippen molar-refractivity contribution in [2.75, 3.05) is 6.61 Å². The molecular formula is C20H31ClO3. The van der Waals surface area contributed by atoms with Gasteiger partial charge in [0, 0.05) is 10.6 Å². The summed E-state index contributed by atoms with van der Waals surface area (Å²) >= 11 is 5.77. The highest BCUT2D eigenvalue weighted by molar-refractivity contribution is 6.30. The maximum atomic E-state index is 10.7. The summed E-state index contributed by atoms with van der Waals surface area (Å²) in [5.41, 5.74) is 1.50. The highest BCUT2D eigenvalue weighted by Crippen LogP contribution is 2.28. The molecule has 0 aliphatic carbocycles. The standard InChI is InChI=1S/C10H7ClO3.C8H18.C2H6/c11-8-1-2-9-6(4-8)3-7(5-14-9)10(12)13;1-5-6-7-8(2,3)4;1-2/h1-4H,5H2,(H,12,13);5-7H2,1-4H3;1-2H3. The molecule has 1 aromatic carbocycles. The van der Waals surface area contributed by atoms with Crippen LogP contribution < -0.4 is 4.74 Å². The second-order valence-corrected chi connectivity index (χ2v) is 7.05. The molecule has 1 aliphatic rings. The van der Waals surface area contributed by atoms with Crippen LogP contribution in [-0.4, -0.2) is 17.7 Å². The molecule has 0 unspecified atom stereocenters. The molecule has 0 aromatic heterocycles. The number of halogens is 1. The average molecular weight is 355 g/mol. The topological polar surface area (TPSA) is 46.5 Å². The maximum absolute atomic E-state index is 10.7. The SMILES string of the molecule is CC.CCCCC(C)(C)C.O=C(O)C1=Cc2cc(Cl)ccc2OC1. The van der Waals surface area contributed by atoms with Gasteiger partial charge in [-0.1, -0.05) is 66.0 Å². The van der Waals surface area contributed by atoms with Crippen molar-refractivity contribution >= 4 is 23.6 Å². The molecule has 1 heterocycles. The monoisotopic (exact) mass is 354 g/mol. The van der Waals surface area contributed by atoms with E-state index in [1.54, 1.807) is 24.3 Å². The van der Waals surface area contributed by atoms with Crippen LogP contribution >= 0.6 is 11.6 Å². The summed E-state index contributed by atoms with van der Waals surface area (Å²) in [6.45, 7) is 13.2. The minimum Gasteiger partial charge on any atom is -0.488 e. The molecule has 3 nitrogen and oxygen atoms in total. The number of fused-ring (bicyclic) bond motifs is 1. The van der Waals surface area contributed by atoms with Gasteiger partial charge in [-0.2, -0.15) is 0 Å². The third kappa shape index (κ3) is 8.97. The van der Waals surface area contributed by atoms with Gasteiger partial charge in [-0.15, -0.1) is 0 Å². The lowest BCUT2D eigenvalue weighted by Crippen LogP contribution is -2.13. The maximum Gasteiger partial charge on any atom is 0.335 e. The van der Waals surface area contributed by atoms with Crippen LogP contribution in [0.25, 0.3) is 6.08 Å². The number of ether oxygens (including phenoxy) is 1. The van der Waals surface area contributed by atoms with Crippen molar-refractivity contribution in [1.82, 2.24) is 0 Å². The van der Waals surface area contributed by atoms with Gasteiger partial charge in [-0.05, 0) is 36.1 Å². The molecule has 24 heavy (non-hydrogen) atoms. The Bertz CT molecular complexity index is 542. The normalized spacial score (nSPS) is 12.4. The number of carbonyl (C=O) groups is 1. The molecule has 1 N–H and O–H groups in total. The molecule has 2 rings (SSSR count). The number of benzene rings is 1. The Balaban J connectivity index is 0.000000456. The van der Waals surface area contributed by atoms with E-state index in [0.717, 1.165) is 0 Å². The lowest BCUT2D eigenvalue weighted by molar-refractivity contribution is -0.132. The van der Waals surface area contributed by atoms with Gasteiger partial charge < -0.3 is 9.84 Å². The predicted molar refractivity (Wildman–Crippen MR) is 103 cm³/mol. The van der Waals surface area contributed by atoms with Crippen LogP contribution in [0, 0.1) is 5.41 Å². The predicted octanol–water partition coefficient (Wildman–Crippen LogP) is 6.45. The van der Waals surface area contributed by atoms with E-state index in [-0.39, 0.29) is 12.2 Å². The second kappa shape index (κ2) is 11.1. The molecule has 1 aliphatic heterocycles.